The molecule has 2 heterocycles. The van der Waals surface area contributed by atoms with E-state index < -0.39 is 22.7 Å². The average molecular weight is 492 g/mol. The van der Waals surface area contributed by atoms with Crippen LogP contribution in [0, 0.1) is 0 Å². The van der Waals surface area contributed by atoms with Gasteiger partial charge in [-0.1, -0.05) is 18.2 Å². The molecule has 10 heteroatoms. The molecule has 0 spiro atoms. The highest BCUT2D eigenvalue weighted by Crippen LogP contribution is 2.30. The van der Waals surface area contributed by atoms with Crippen molar-refractivity contribution in [2.75, 3.05) is 51.0 Å². The molecular formula is C24H28F3N5OS. The van der Waals surface area contributed by atoms with Gasteiger partial charge in [-0.05, 0) is 43.4 Å². The molecule has 2 aromatic carbocycles. The number of nitrogens with zero attached hydrogens (tertiary/aromatic N) is 3. The maximum absolute atomic E-state index is 12.8. The summed E-state index contributed by atoms with van der Waals surface area (Å²) < 4.78 is 54.0. The molecule has 1 aromatic heterocycles. The van der Waals surface area contributed by atoms with Crippen LogP contribution in [-0.2, 0) is 23.7 Å². The minimum atomic E-state index is -4.43. The van der Waals surface area contributed by atoms with Crippen molar-refractivity contribution in [2.45, 2.75) is 17.6 Å². The van der Waals surface area contributed by atoms with E-state index >= 15 is 0 Å². The fraction of sp³-hybridized carbons (Fsp3) is 0.375. The third-order valence-electron chi connectivity index (χ3n) is 5.88. The number of alkyl halides is 3. The van der Waals surface area contributed by atoms with E-state index in [2.05, 4.69) is 26.9 Å². The van der Waals surface area contributed by atoms with Gasteiger partial charge in [0, 0.05) is 51.2 Å². The number of fused-ring (bicyclic) bond motifs is 1. The van der Waals surface area contributed by atoms with Gasteiger partial charge >= 0.3 is 6.18 Å². The molecule has 1 atom stereocenters. The lowest BCUT2D eigenvalue weighted by Crippen LogP contribution is -2.46. The summed E-state index contributed by atoms with van der Waals surface area (Å²) >= 11 is 0. The molecule has 4 rings (SSSR count). The number of para-hydroxylation sites is 1. The molecule has 1 fully saturated rings. The molecule has 1 saturated heterocycles. The number of aromatic nitrogens is 1. The number of piperazine rings is 1. The molecule has 1 aliphatic heterocycles. The molecule has 182 valence electrons. The molecule has 0 bridgehead atoms. The Bertz CT molecular complexity index is 1130. The number of halogens is 3. The lowest BCUT2D eigenvalue weighted by Gasteiger charge is -2.32. The Balaban J connectivity index is 1.39. The zero-order valence-electron chi connectivity index (χ0n) is 18.9. The first-order chi connectivity index (χ1) is 16.3. The molecule has 0 amide bonds. The van der Waals surface area contributed by atoms with Crippen LogP contribution in [0.15, 0.2) is 59.5 Å². The summed E-state index contributed by atoms with van der Waals surface area (Å²) in [6.07, 6.45) is -4.43. The Hall–Kier alpha value is -2.53. The molecule has 6 nitrogen and oxygen atoms in total. The summed E-state index contributed by atoms with van der Waals surface area (Å²) in [7, 11) is 0.416. The topological polar surface area (TPSA) is 60.5 Å². The largest absolute Gasteiger partial charge is 0.416 e. The smallest absolute Gasteiger partial charge is 0.310 e. The summed E-state index contributed by atoms with van der Waals surface area (Å²) in [4.78, 5) is 9.77. The van der Waals surface area contributed by atoms with Crippen molar-refractivity contribution < 1.29 is 17.4 Å². The lowest BCUT2D eigenvalue weighted by molar-refractivity contribution is -0.137. The Morgan fingerprint density at radius 3 is 2.44 bits per heavy atom. The van der Waals surface area contributed by atoms with Crippen LogP contribution in [0.5, 0.6) is 0 Å². The SMILES string of the molecule is CN1CCN(CCNCc2ccc3cccc(NS(=O)c4ccc(C(F)(F)F)cc4)c3n2)CC1. The Morgan fingerprint density at radius 2 is 1.74 bits per heavy atom. The zero-order valence-corrected chi connectivity index (χ0v) is 19.8. The van der Waals surface area contributed by atoms with Gasteiger partial charge in [-0.15, -0.1) is 0 Å². The monoisotopic (exact) mass is 491 g/mol. The number of nitrogens with one attached hydrogen (secondary N) is 2. The first-order valence-corrected chi connectivity index (χ1v) is 12.3. The van der Waals surface area contributed by atoms with E-state index in [1.165, 1.54) is 12.1 Å². The third kappa shape index (κ3) is 6.32. The number of likely N-dealkylation sites (N-methyl/N-ethyl adjacent to an activating group) is 1. The second kappa shape index (κ2) is 10.8. The van der Waals surface area contributed by atoms with Crippen LogP contribution >= 0.6 is 0 Å². The van der Waals surface area contributed by atoms with Crippen LogP contribution in [0.2, 0.25) is 0 Å². The Morgan fingerprint density at radius 1 is 1.00 bits per heavy atom. The van der Waals surface area contributed by atoms with Crippen molar-refractivity contribution in [1.82, 2.24) is 20.1 Å². The van der Waals surface area contributed by atoms with Crippen molar-refractivity contribution in [2.24, 2.45) is 0 Å². The highest BCUT2D eigenvalue weighted by molar-refractivity contribution is 7.86. The molecule has 3 aromatic rings. The number of benzene rings is 2. The number of anilines is 1. The number of hydrogen-bond acceptors (Lipinski definition) is 5. The number of hydrogen-bond donors (Lipinski definition) is 2. The van der Waals surface area contributed by atoms with Gasteiger partial charge in [-0.3, -0.25) is 9.62 Å². The maximum atomic E-state index is 12.8. The first kappa shape index (κ1) is 24.6. The summed E-state index contributed by atoms with van der Waals surface area (Å²) in [6.45, 7) is 6.81. The van der Waals surface area contributed by atoms with Gasteiger partial charge in [0.25, 0.3) is 0 Å². The van der Waals surface area contributed by atoms with Crippen molar-refractivity contribution in [3.8, 4) is 0 Å². The molecule has 0 radical (unpaired) electrons. The van der Waals surface area contributed by atoms with Crippen LogP contribution in [0.1, 0.15) is 11.3 Å². The minimum absolute atomic E-state index is 0.256. The van der Waals surface area contributed by atoms with Crippen molar-refractivity contribution in [3.63, 3.8) is 0 Å². The van der Waals surface area contributed by atoms with Gasteiger partial charge in [0.1, 0.15) is 11.0 Å². The van der Waals surface area contributed by atoms with Crippen LogP contribution in [0.25, 0.3) is 10.9 Å². The van der Waals surface area contributed by atoms with E-state index in [1.807, 2.05) is 24.3 Å². The summed E-state index contributed by atoms with van der Waals surface area (Å²) in [6, 6.07) is 13.7. The number of rotatable bonds is 8. The molecular weight excluding hydrogens is 463 g/mol. The zero-order chi connectivity index (χ0) is 24.1. The molecule has 0 aliphatic carbocycles. The van der Waals surface area contributed by atoms with Crippen LogP contribution in [0.3, 0.4) is 0 Å². The van der Waals surface area contributed by atoms with E-state index in [0.29, 0.717) is 17.7 Å². The molecule has 2 N–H and O–H groups in total. The fourth-order valence-corrected chi connectivity index (χ4v) is 4.69. The summed E-state index contributed by atoms with van der Waals surface area (Å²) in [5.41, 5.74) is 1.32. The van der Waals surface area contributed by atoms with Gasteiger partial charge in [-0.25, -0.2) is 9.19 Å². The molecule has 1 aliphatic rings. The van der Waals surface area contributed by atoms with Gasteiger partial charge in [-0.2, -0.15) is 13.2 Å². The Kier molecular flexibility index (Phi) is 7.82. The van der Waals surface area contributed by atoms with E-state index in [4.69, 9.17) is 4.98 Å². The van der Waals surface area contributed by atoms with Gasteiger partial charge in [0.05, 0.1) is 27.4 Å². The quantitative estimate of drug-likeness (QED) is 0.471. The normalized spacial score (nSPS) is 16.6. The standard InChI is InChI=1S/C24H28F3N5OS/c1-31-13-15-32(16-14-31)12-11-28-17-20-8-5-18-3-2-4-22(23(18)29-20)30-34(33)21-9-6-19(7-10-21)24(25,26)27/h2-10,28,30H,11-17H2,1H3. The minimum Gasteiger partial charge on any atom is -0.310 e. The van der Waals surface area contributed by atoms with E-state index in [9.17, 15) is 17.4 Å². The predicted molar refractivity (Wildman–Crippen MR) is 129 cm³/mol. The fourth-order valence-electron chi connectivity index (χ4n) is 3.82. The average Bonchev–Trinajstić information content (AvgIpc) is 2.83. The lowest BCUT2D eigenvalue weighted by atomic mass is 10.2. The molecule has 1 unspecified atom stereocenters. The van der Waals surface area contributed by atoms with Crippen molar-refractivity contribution >= 4 is 27.6 Å². The highest BCUT2D eigenvalue weighted by atomic mass is 32.2. The van der Waals surface area contributed by atoms with Crippen molar-refractivity contribution in [3.05, 3.63) is 65.9 Å². The second-order valence-corrected chi connectivity index (χ2v) is 9.61. The van der Waals surface area contributed by atoms with Crippen LogP contribution in [0.4, 0.5) is 18.9 Å². The second-order valence-electron chi connectivity index (χ2n) is 8.39. The summed E-state index contributed by atoms with van der Waals surface area (Å²) in [5, 5.41) is 4.32. The maximum Gasteiger partial charge on any atom is 0.416 e. The van der Waals surface area contributed by atoms with Gasteiger partial charge < -0.3 is 10.2 Å². The van der Waals surface area contributed by atoms with Crippen LogP contribution in [-0.4, -0.2) is 65.3 Å². The summed E-state index contributed by atoms with van der Waals surface area (Å²) in [5.74, 6) is 0. The first-order valence-electron chi connectivity index (χ1n) is 11.2. The van der Waals surface area contributed by atoms with E-state index in [0.717, 1.165) is 62.5 Å². The highest BCUT2D eigenvalue weighted by Gasteiger charge is 2.30. The number of pyridine rings is 1. The van der Waals surface area contributed by atoms with Gasteiger partial charge in [0.15, 0.2) is 0 Å². The van der Waals surface area contributed by atoms with E-state index in [1.54, 1.807) is 6.07 Å². The third-order valence-corrected chi connectivity index (χ3v) is 6.99. The van der Waals surface area contributed by atoms with E-state index in [-0.39, 0.29) is 4.90 Å². The molecule has 0 saturated carbocycles. The van der Waals surface area contributed by atoms with Crippen LogP contribution < -0.4 is 10.0 Å². The molecule has 34 heavy (non-hydrogen) atoms. The van der Waals surface area contributed by atoms with Gasteiger partial charge in [0.2, 0.25) is 0 Å². The van der Waals surface area contributed by atoms with Crippen molar-refractivity contribution in [1.29, 1.82) is 0 Å². The Labute approximate surface area is 199 Å². The predicted octanol–water partition coefficient (Wildman–Crippen LogP) is 3.73.